The summed E-state index contributed by atoms with van der Waals surface area (Å²) in [7, 11) is 0. The van der Waals surface area contributed by atoms with E-state index >= 15 is 0 Å². The summed E-state index contributed by atoms with van der Waals surface area (Å²) >= 11 is 0. The molecule has 12 heavy (non-hydrogen) atoms. The van der Waals surface area contributed by atoms with Gasteiger partial charge in [-0.2, -0.15) is 0 Å². The fourth-order valence-corrected chi connectivity index (χ4v) is 4.12. The second kappa shape index (κ2) is 2.23. The van der Waals surface area contributed by atoms with Crippen molar-refractivity contribution in [3.05, 3.63) is 30.3 Å². The van der Waals surface area contributed by atoms with Gasteiger partial charge in [0.05, 0.1) is 0 Å². The molecule has 0 amide bonds. The van der Waals surface area contributed by atoms with Gasteiger partial charge in [0.2, 0.25) is 0 Å². The third-order valence-electron chi connectivity index (χ3n) is 2.46. The average molecular weight is 182 g/mol. The van der Waals surface area contributed by atoms with Gasteiger partial charge >= 0.3 is 73.1 Å². The molecule has 0 unspecified atom stereocenters. The van der Waals surface area contributed by atoms with Crippen molar-refractivity contribution in [1.82, 2.24) is 0 Å². The van der Waals surface area contributed by atoms with Crippen LogP contribution in [0.4, 0.5) is 0 Å². The van der Waals surface area contributed by atoms with Gasteiger partial charge in [-0.1, -0.05) is 0 Å². The summed E-state index contributed by atoms with van der Waals surface area (Å²) in [6, 6.07) is 10.2. The van der Waals surface area contributed by atoms with Gasteiger partial charge in [0.15, 0.2) is 0 Å². The Morgan fingerprint density at radius 1 is 1.08 bits per heavy atom. The molecule has 1 nitrogen and oxygen atoms in total. The first kappa shape index (κ1) is 8.07. The molecule has 1 aliphatic heterocycles. The summed E-state index contributed by atoms with van der Waals surface area (Å²) in [5.41, 5.74) is 0. The predicted octanol–water partition coefficient (Wildman–Crippen LogP) is 2.81. The fraction of sp³-hybridized carbons (Fsp3) is 0.400. The molecule has 1 heterocycles. The third kappa shape index (κ3) is 1.61. The number of para-hydroxylation sites is 1. The molecule has 1 aliphatic rings. The summed E-state index contributed by atoms with van der Waals surface area (Å²) in [4.78, 5) is 0. The summed E-state index contributed by atoms with van der Waals surface area (Å²) < 4.78 is 6.03. The second-order valence-corrected chi connectivity index (χ2v) is 10.6. The van der Waals surface area contributed by atoms with Gasteiger partial charge in [-0.25, -0.2) is 0 Å². The van der Waals surface area contributed by atoms with Crippen LogP contribution in [0.25, 0.3) is 0 Å². The monoisotopic (exact) mass is 182 g/mol. The third-order valence-corrected chi connectivity index (χ3v) is 5.90. The van der Waals surface area contributed by atoms with E-state index in [0.717, 1.165) is 5.75 Å². The van der Waals surface area contributed by atoms with Gasteiger partial charge in [0, 0.05) is 0 Å². The zero-order valence-corrected chi connectivity index (χ0v) is 8.55. The maximum atomic E-state index is 6.03. The van der Waals surface area contributed by atoms with Crippen molar-refractivity contribution in [2.45, 2.75) is 0 Å². The van der Waals surface area contributed by atoms with E-state index in [4.69, 9.17) is 4.52 Å². The maximum absolute atomic E-state index is 6.03. The number of hydrogen-bond donors (Lipinski definition) is 0. The molecule has 1 saturated heterocycles. The van der Waals surface area contributed by atoms with E-state index in [1.54, 1.807) is 0 Å². The normalized spacial score (nSPS) is 26.7. The van der Waals surface area contributed by atoms with Crippen LogP contribution in [-0.4, -0.2) is 25.7 Å². The first-order valence-electron chi connectivity index (χ1n) is 4.32. The van der Waals surface area contributed by atoms with E-state index in [2.05, 4.69) is 13.3 Å². The van der Waals surface area contributed by atoms with Crippen LogP contribution in [0.2, 0.25) is 0 Å². The Morgan fingerprint density at radius 3 is 2.17 bits per heavy atom. The Balaban J connectivity index is 2.15. The van der Waals surface area contributed by atoms with E-state index in [1.807, 2.05) is 30.3 Å². The molecule has 1 aromatic rings. The van der Waals surface area contributed by atoms with Gasteiger partial charge in [-0.15, -0.1) is 0 Å². The molecular formula is C10H15OP. The predicted molar refractivity (Wildman–Crippen MR) is 55.6 cm³/mol. The van der Waals surface area contributed by atoms with Gasteiger partial charge in [-0.05, 0) is 0 Å². The van der Waals surface area contributed by atoms with Crippen molar-refractivity contribution in [3.8, 4) is 5.75 Å². The van der Waals surface area contributed by atoms with Crippen molar-refractivity contribution in [3.63, 3.8) is 0 Å². The molecule has 0 atom stereocenters. The molecule has 2 rings (SSSR count). The molecule has 0 saturated carbocycles. The van der Waals surface area contributed by atoms with E-state index in [1.165, 1.54) is 12.3 Å². The topological polar surface area (TPSA) is 9.23 Å². The molecular weight excluding hydrogens is 167 g/mol. The SMILES string of the molecule is CP1(C)(Oc2ccccc2)CC1. The zero-order valence-electron chi connectivity index (χ0n) is 7.66. The summed E-state index contributed by atoms with van der Waals surface area (Å²) in [5.74, 6) is 1.04. The van der Waals surface area contributed by atoms with Crippen molar-refractivity contribution in [1.29, 1.82) is 0 Å². The zero-order chi connectivity index (χ0) is 8.68. The Bertz CT molecular complexity index is 284. The summed E-state index contributed by atoms with van der Waals surface area (Å²) in [5, 5.41) is 0. The molecule has 1 fully saturated rings. The van der Waals surface area contributed by atoms with Crippen LogP contribution in [0.15, 0.2) is 30.3 Å². The minimum atomic E-state index is -1.60. The van der Waals surface area contributed by atoms with Gasteiger partial charge in [0.1, 0.15) is 0 Å². The van der Waals surface area contributed by atoms with Crippen molar-refractivity contribution >= 4 is 6.83 Å². The van der Waals surface area contributed by atoms with E-state index in [0.29, 0.717) is 0 Å². The number of benzene rings is 1. The molecule has 0 bridgehead atoms. The van der Waals surface area contributed by atoms with Crippen LogP contribution in [0.1, 0.15) is 0 Å². The minimum absolute atomic E-state index is 1.04. The van der Waals surface area contributed by atoms with Crippen molar-refractivity contribution in [2.75, 3.05) is 25.7 Å². The molecule has 1 aromatic carbocycles. The average Bonchev–Trinajstić information content (AvgIpc) is 2.64. The van der Waals surface area contributed by atoms with Crippen LogP contribution >= 0.6 is 6.83 Å². The van der Waals surface area contributed by atoms with E-state index in [9.17, 15) is 0 Å². The quantitative estimate of drug-likeness (QED) is 0.639. The van der Waals surface area contributed by atoms with Crippen LogP contribution in [0, 0.1) is 0 Å². The summed E-state index contributed by atoms with van der Waals surface area (Å²) in [6.07, 6.45) is 2.58. The van der Waals surface area contributed by atoms with Crippen LogP contribution in [0.5, 0.6) is 5.75 Å². The standard InChI is InChI=1S/C10H15OP/c1-12(2,8-9-12)11-10-6-4-3-5-7-10/h3-7H,8-9H2,1-2H3. The molecule has 0 radical (unpaired) electrons. The molecule has 66 valence electrons. The Labute approximate surface area is 73.8 Å². The summed E-state index contributed by atoms with van der Waals surface area (Å²) in [6.45, 7) is 3.00. The van der Waals surface area contributed by atoms with Gasteiger partial charge in [-0.3, -0.25) is 0 Å². The Hall–Kier alpha value is -0.550. The molecule has 2 heteroatoms. The van der Waals surface area contributed by atoms with E-state index in [-0.39, 0.29) is 0 Å². The molecule has 0 aromatic heterocycles. The Morgan fingerprint density at radius 2 is 1.67 bits per heavy atom. The molecule has 0 aliphatic carbocycles. The Kier molecular flexibility index (Phi) is 1.50. The second-order valence-electron chi connectivity index (χ2n) is 4.41. The van der Waals surface area contributed by atoms with Crippen LogP contribution in [-0.2, 0) is 0 Å². The number of hydrogen-bond acceptors (Lipinski definition) is 1. The van der Waals surface area contributed by atoms with Gasteiger partial charge < -0.3 is 0 Å². The van der Waals surface area contributed by atoms with Crippen molar-refractivity contribution < 1.29 is 4.52 Å². The van der Waals surface area contributed by atoms with Crippen LogP contribution in [0.3, 0.4) is 0 Å². The van der Waals surface area contributed by atoms with E-state index < -0.39 is 6.83 Å². The first-order chi connectivity index (χ1) is 5.57. The van der Waals surface area contributed by atoms with Crippen molar-refractivity contribution in [2.24, 2.45) is 0 Å². The fourth-order valence-electron chi connectivity index (χ4n) is 1.17. The van der Waals surface area contributed by atoms with Gasteiger partial charge in [0.25, 0.3) is 0 Å². The molecule has 0 spiro atoms. The molecule has 0 N–H and O–H groups in total. The van der Waals surface area contributed by atoms with Crippen LogP contribution < -0.4 is 4.52 Å². The number of rotatable bonds is 2. The first-order valence-corrected chi connectivity index (χ1v) is 7.74.